The molecule has 0 atom stereocenters. The molecule has 2 aromatic rings. The van der Waals surface area contributed by atoms with Crippen LogP contribution in [0.25, 0.3) is 5.69 Å². The zero-order valence-corrected chi connectivity index (χ0v) is 16.4. The van der Waals surface area contributed by atoms with Crippen LogP contribution in [0.15, 0.2) is 41.3 Å². The number of carbonyl (C=O) groups is 1. The highest BCUT2D eigenvalue weighted by molar-refractivity contribution is 5.96. The Morgan fingerprint density at radius 2 is 1.79 bits per heavy atom. The molecule has 0 bridgehead atoms. The number of pyridine rings is 1. The molecule has 0 N–H and O–H groups in total. The maximum absolute atomic E-state index is 13.5. The maximum atomic E-state index is 13.5. The third-order valence-corrected chi connectivity index (χ3v) is 5.62. The van der Waals surface area contributed by atoms with E-state index in [0.29, 0.717) is 30.2 Å². The monoisotopic (exact) mass is 382 g/mol. The van der Waals surface area contributed by atoms with Crippen LogP contribution in [0.5, 0.6) is 5.75 Å². The van der Waals surface area contributed by atoms with E-state index in [1.807, 2.05) is 42.2 Å². The SMILES string of the molecule is COc1ccccc1-n1ccc(C)c(C(=O)N(C2CCOCC2)C2CC2)c1=O. The van der Waals surface area contributed by atoms with Crippen LogP contribution in [0.4, 0.5) is 0 Å². The van der Waals surface area contributed by atoms with Crippen LogP contribution >= 0.6 is 0 Å². The van der Waals surface area contributed by atoms with Crippen molar-refractivity contribution < 1.29 is 14.3 Å². The van der Waals surface area contributed by atoms with E-state index >= 15 is 0 Å². The van der Waals surface area contributed by atoms with E-state index in [1.165, 1.54) is 4.57 Å². The summed E-state index contributed by atoms with van der Waals surface area (Å²) in [5, 5.41) is 0. The van der Waals surface area contributed by atoms with Crippen LogP contribution in [0.2, 0.25) is 0 Å². The third-order valence-electron chi connectivity index (χ3n) is 5.62. The summed E-state index contributed by atoms with van der Waals surface area (Å²) in [5.41, 5.74) is 1.30. The Kier molecular flexibility index (Phi) is 5.22. The molecular weight excluding hydrogens is 356 g/mol. The molecule has 2 fully saturated rings. The number of nitrogens with zero attached hydrogens (tertiary/aromatic N) is 2. The third kappa shape index (κ3) is 3.44. The summed E-state index contributed by atoms with van der Waals surface area (Å²) < 4.78 is 12.4. The number of methoxy groups -OCH3 is 1. The van der Waals surface area contributed by atoms with Gasteiger partial charge in [0.15, 0.2) is 0 Å². The van der Waals surface area contributed by atoms with Crippen molar-refractivity contribution >= 4 is 5.91 Å². The Bertz CT molecular complexity index is 926. The number of aromatic nitrogens is 1. The first-order valence-electron chi connectivity index (χ1n) is 9.88. The highest BCUT2D eigenvalue weighted by Gasteiger charge is 2.39. The fourth-order valence-electron chi connectivity index (χ4n) is 3.98. The van der Waals surface area contributed by atoms with Crippen LogP contribution < -0.4 is 10.3 Å². The molecule has 1 aliphatic carbocycles. The van der Waals surface area contributed by atoms with Crippen molar-refractivity contribution in [1.82, 2.24) is 9.47 Å². The summed E-state index contributed by atoms with van der Waals surface area (Å²) in [6.07, 6.45) is 5.39. The van der Waals surface area contributed by atoms with Gasteiger partial charge in [-0.25, -0.2) is 0 Å². The topological polar surface area (TPSA) is 60.8 Å². The second kappa shape index (κ2) is 7.80. The van der Waals surface area contributed by atoms with Crippen molar-refractivity contribution in [3.63, 3.8) is 0 Å². The van der Waals surface area contributed by atoms with Gasteiger partial charge in [0, 0.05) is 31.5 Å². The molecule has 6 heteroatoms. The zero-order valence-electron chi connectivity index (χ0n) is 16.4. The van der Waals surface area contributed by atoms with E-state index in [-0.39, 0.29) is 29.1 Å². The first kappa shape index (κ1) is 18.7. The Labute approximate surface area is 164 Å². The van der Waals surface area contributed by atoms with Crippen LogP contribution in [0.1, 0.15) is 41.6 Å². The molecule has 2 aliphatic rings. The normalized spacial score (nSPS) is 17.4. The van der Waals surface area contributed by atoms with Gasteiger partial charge in [-0.15, -0.1) is 0 Å². The summed E-state index contributed by atoms with van der Waals surface area (Å²) >= 11 is 0. The van der Waals surface area contributed by atoms with Crippen molar-refractivity contribution in [3.05, 3.63) is 58.0 Å². The molecular formula is C22H26N2O4. The Morgan fingerprint density at radius 3 is 2.46 bits per heavy atom. The number of amides is 1. The number of hydrogen-bond donors (Lipinski definition) is 0. The standard InChI is InChI=1S/C22H26N2O4/c1-15-9-12-23(18-5-3-4-6-19(18)27-2)21(25)20(15)22(26)24(16-7-8-16)17-10-13-28-14-11-17/h3-6,9,12,16-17H,7-8,10-11,13-14H2,1-2H3. The number of rotatable bonds is 5. The number of ether oxygens (including phenoxy) is 2. The lowest BCUT2D eigenvalue weighted by molar-refractivity contribution is 0.0265. The first-order valence-corrected chi connectivity index (χ1v) is 9.88. The number of carbonyl (C=O) groups excluding carboxylic acids is 1. The lowest BCUT2D eigenvalue weighted by Gasteiger charge is -2.34. The van der Waals surface area contributed by atoms with Gasteiger partial charge in [0.25, 0.3) is 11.5 Å². The summed E-state index contributed by atoms with van der Waals surface area (Å²) in [6.45, 7) is 3.16. The van der Waals surface area contributed by atoms with Crippen LogP contribution in [0.3, 0.4) is 0 Å². The highest BCUT2D eigenvalue weighted by Crippen LogP contribution is 2.33. The molecule has 1 aromatic carbocycles. The van der Waals surface area contributed by atoms with Crippen LogP contribution in [-0.4, -0.2) is 47.8 Å². The minimum absolute atomic E-state index is 0.146. The van der Waals surface area contributed by atoms with Crippen molar-refractivity contribution in [2.75, 3.05) is 20.3 Å². The summed E-state index contributed by atoms with van der Waals surface area (Å²) in [4.78, 5) is 28.9. The van der Waals surface area contributed by atoms with E-state index in [2.05, 4.69) is 0 Å². The number of aryl methyl sites for hydroxylation is 1. The lowest BCUT2D eigenvalue weighted by Crippen LogP contribution is -2.47. The number of benzene rings is 1. The van der Waals surface area contributed by atoms with Gasteiger partial charge in [0.2, 0.25) is 0 Å². The van der Waals surface area contributed by atoms with E-state index in [0.717, 1.165) is 25.7 Å². The quantitative estimate of drug-likeness (QED) is 0.798. The van der Waals surface area contributed by atoms with Crippen LogP contribution in [-0.2, 0) is 4.74 Å². The molecule has 28 heavy (non-hydrogen) atoms. The van der Waals surface area contributed by atoms with Gasteiger partial charge in [-0.3, -0.25) is 14.2 Å². The molecule has 0 radical (unpaired) electrons. The van der Waals surface area contributed by atoms with Gasteiger partial charge in [-0.1, -0.05) is 12.1 Å². The molecule has 148 valence electrons. The van der Waals surface area contributed by atoms with Gasteiger partial charge < -0.3 is 14.4 Å². The average Bonchev–Trinajstić information content (AvgIpc) is 3.54. The Morgan fingerprint density at radius 1 is 1.11 bits per heavy atom. The minimum atomic E-state index is -0.299. The van der Waals surface area contributed by atoms with E-state index in [9.17, 15) is 9.59 Å². The molecule has 6 nitrogen and oxygen atoms in total. The molecule has 1 aliphatic heterocycles. The predicted octanol–water partition coefficient (Wildman–Crippen LogP) is 2.94. The van der Waals surface area contributed by atoms with Crippen molar-refractivity contribution in [1.29, 1.82) is 0 Å². The molecule has 1 aromatic heterocycles. The van der Waals surface area contributed by atoms with Gasteiger partial charge in [-0.05, 0) is 56.4 Å². The average molecular weight is 382 g/mol. The maximum Gasteiger partial charge on any atom is 0.268 e. The summed E-state index contributed by atoms with van der Waals surface area (Å²) in [7, 11) is 1.57. The largest absolute Gasteiger partial charge is 0.495 e. The van der Waals surface area contributed by atoms with Gasteiger partial charge in [0.05, 0.1) is 12.8 Å². The molecule has 0 spiro atoms. The highest BCUT2D eigenvalue weighted by atomic mass is 16.5. The smallest absolute Gasteiger partial charge is 0.268 e. The number of para-hydroxylation sites is 2. The zero-order chi connectivity index (χ0) is 19.7. The Hall–Kier alpha value is -2.60. The minimum Gasteiger partial charge on any atom is -0.495 e. The van der Waals surface area contributed by atoms with Crippen LogP contribution in [0, 0.1) is 6.92 Å². The fourth-order valence-corrected chi connectivity index (χ4v) is 3.98. The summed E-state index contributed by atoms with van der Waals surface area (Å²) in [5.74, 6) is 0.441. The molecule has 1 saturated carbocycles. The summed E-state index contributed by atoms with van der Waals surface area (Å²) in [6, 6.07) is 9.55. The van der Waals surface area contributed by atoms with Crippen molar-refractivity contribution in [2.45, 2.75) is 44.7 Å². The van der Waals surface area contributed by atoms with E-state index in [4.69, 9.17) is 9.47 Å². The molecule has 1 amide bonds. The Balaban J connectivity index is 1.76. The fraction of sp³-hybridized carbons (Fsp3) is 0.455. The second-order valence-electron chi connectivity index (χ2n) is 7.51. The van der Waals surface area contributed by atoms with Crippen molar-refractivity contribution in [3.8, 4) is 11.4 Å². The molecule has 4 rings (SSSR count). The lowest BCUT2D eigenvalue weighted by atomic mass is 10.0. The van der Waals surface area contributed by atoms with Gasteiger partial charge >= 0.3 is 0 Å². The predicted molar refractivity (Wildman–Crippen MR) is 106 cm³/mol. The second-order valence-corrected chi connectivity index (χ2v) is 7.51. The van der Waals surface area contributed by atoms with E-state index in [1.54, 1.807) is 13.3 Å². The molecule has 1 saturated heterocycles. The molecule has 0 unspecified atom stereocenters. The van der Waals surface area contributed by atoms with Gasteiger partial charge in [-0.2, -0.15) is 0 Å². The molecule has 2 heterocycles. The van der Waals surface area contributed by atoms with Gasteiger partial charge in [0.1, 0.15) is 11.3 Å². The van der Waals surface area contributed by atoms with Crippen molar-refractivity contribution in [2.24, 2.45) is 0 Å². The first-order chi connectivity index (χ1) is 13.6. The number of hydrogen-bond acceptors (Lipinski definition) is 4. The van der Waals surface area contributed by atoms with E-state index < -0.39 is 0 Å².